The van der Waals surface area contributed by atoms with E-state index in [4.69, 9.17) is 4.74 Å². The summed E-state index contributed by atoms with van der Waals surface area (Å²) < 4.78 is 5.06. The summed E-state index contributed by atoms with van der Waals surface area (Å²) in [7, 11) is 1.66. The van der Waals surface area contributed by atoms with Crippen molar-refractivity contribution in [3.8, 4) is 0 Å². The first-order valence-electron chi connectivity index (χ1n) is 5.86. The molecule has 0 fully saturated rings. The topological polar surface area (TPSA) is 62.4 Å². The maximum atomic E-state index is 12.1. The minimum atomic E-state index is -0.256. The number of hydrogen-bond donors (Lipinski definition) is 1. The van der Waals surface area contributed by atoms with Crippen LogP contribution in [0.25, 0.3) is 0 Å². The first-order chi connectivity index (χ1) is 8.70. The van der Waals surface area contributed by atoms with Crippen LogP contribution in [0.5, 0.6) is 0 Å². The smallest absolute Gasteiger partial charge is 0.270 e. The van der Waals surface area contributed by atoms with E-state index in [-0.39, 0.29) is 11.5 Å². The number of methoxy groups -OCH3 is 1. The Labute approximate surface area is 105 Å². The highest BCUT2D eigenvalue weighted by Gasteiger charge is 2.18. The fourth-order valence-corrected chi connectivity index (χ4v) is 1.96. The van der Waals surface area contributed by atoms with Crippen LogP contribution in [-0.4, -0.2) is 42.6 Å². The van der Waals surface area contributed by atoms with Gasteiger partial charge in [-0.1, -0.05) is 12.1 Å². The molecule has 0 atom stereocenters. The lowest BCUT2D eigenvalue weighted by Gasteiger charge is -2.26. The van der Waals surface area contributed by atoms with Crippen molar-refractivity contribution in [2.45, 2.75) is 6.42 Å². The van der Waals surface area contributed by atoms with Gasteiger partial charge in [-0.25, -0.2) is 0 Å². The Kier molecular flexibility index (Phi) is 3.94. The number of pyridine rings is 1. The maximum Gasteiger partial charge on any atom is 0.270 e. The summed E-state index contributed by atoms with van der Waals surface area (Å²) in [5, 5.41) is 0. The third kappa shape index (κ3) is 2.87. The van der Waals surface area contributed by atoms with Crippen molar-refractivity contribution >= 4 is 5.91 Å². The molecule has 18 heavy (non-hydrogen) atoms. The molecule has 0 saturated carbocycles. The predicted molar refractivity (Wildman–Crippen MR) is 67.5 cm³/mol. The molecule has 1 aromatic heterocycles. The average Bonchev–Trinajstić information content (AvgIpc) is 2.39. The van der Waals surface area contributed by atoms with Crippen molar-refractivity contribution < 1.29 is 9.53 Å². The SMILES string of the molecule is COCC1=CCN(C(=O)c2cccc(=O)[nH]2)CC1. The Morgan fingerprint density at radius 3 is 2.94 bits per heavy atom. The number of nitrogens with zero attached hydrogens (tertiary/aromatic N) is 1. The molecule has 1 amide bonds. The van der Waals surface area contributed by atoms with Gasteiger partial charge in [0.2, 0.25) is 5.56 Å². The lowest BCUT2D eigenvalue weighted by Crippen LogP contribution is -2.36. The molecule has 1 aliphatic rings. The fourth-order valence-electron chi connectivity index (χ4n) is 1.96. The minimum absolute atomic E-state index is 0.139. The highest BCUT2D eigenvalue weighted by atomic mass is 16.5. The number of ether oxygens (including phenoxy) is 1. The van der Waals surface area contributed by atoms with Gasteiger partial charge in [-0.3, -0.25) is 9.59 Å². The van der Waals surface area contributed by atoms with E-state index in [2.05, 4.69) is 4.98 Å². The Morgan fingerprint density at radius 2 is 2.33 bits per heavy atom. The van der Waals surface area contributed by atoms with Crippen LogP contribution in [0.2, 0.25) is 0 Å². The lowest BCUT2D eigenvalue weighted by atomic mass is 10.1. The number of amides is 1. The number of rotatable bonds is 3. The normalized spacial score (nSPS) is 15.4. The summed E-state index contributed by atoms with van der Waals surface area (Å²) in [6, 6.07) is 4.60. The van der Waals surface area contributed by atoms with Crippen molar-refractivity contribution in [3.63, 3.8) is 0 Å². The molecule has 0 saturated heterocycles. The third-order valence-corrected chi connectivity index (χ3v) is 2.92. The van der Waals surface area contributed by atoms with Crippen molar-refractivity contribution in [3.05, 3.63) is 45.9 Å². The number of hydrogen-bond acceptors (Lipinski definition) is 3. The highest BCUT2D eigenvalue weighted by molar-refractivity contribution is 5.92. The van der Waals surface area contributed by atoms with Gasteiger partial charge in [0.05, 0.1) is 6.61 Å². The molecule has 96 valence electrons. The molecule has 5 nitrogen and oxygen atoms in total. The summed E-state index contributed by atoms with van der Waals surface area (Å²) in [6.07, 6.45) is 2.82. The first kappa shape index (κ1) is 12.6. The highest BCUT2D eigenvalue weighted by Crippen LogP contribution is 2.12. The summed E-state index contributed by atoms with van der Waals surface area (Å²) in [4.78, 5) is 27.5. The van der Waals surface area contributed by atoms with E-state index < -0.39 is 0 Å². The monoisotopic (exact) mass is 248 g/mol. The zero-order chi connectivity index (χ0) is 13.0. The second-order valence-corrected chi connectivity index (χ2v) is 4.23. The zero-order valence-corrected chi connectivity index (χ0v) is 10.3. The largest absolute Gasteiger partial charge is 0.380 e. The van der Waals surface area contributed by atoms with Crippen LogP contribution in [0.1, 0.15) is 16.9 Å². The molecular weight excluding hydrogens is 232 g/mol. The van der Waals surface area contributed by atoms with Gasteiger partial charge in [-0.15, -0.1) is 0 Å². The molecule has 0 spiro atoms. The standard InChI is InChI=1S/C13H16N2O3/c1-18-9-10-5-7-15(8-6-10)13(17)11-3-2-4-12(16)14-11/h2-5H,6-9H2,1H3,(H,14,16). The van der Waals surface area contributed by atoms with Gasteiger partial charge in [-0.2, -0.15) is 0 Å². The molecule has 0 radical (unpaired) electrons. The van der Waals surface area contributed by atoms with Gasteiger partial charge in [0.1, 0.15) is 5.69 Å². The number of aromatic amines is 1. The second kappa shape index (κ2) is 5.64. The third-order valence-electron chi connectivity index (χ3n) is 2.92. The van der Waals surface area contributed by atoms with Crippen LogP contribution in [-0.2, 0) is 4.74 Å². The number of nitrogens with one attached hydrogen (secondary N) is 1. The van der Waals surface area contributed by atoms with Crippen molar-refractivity contribution in [2.75, 3.05) is 26.8 Å². The van der Waals surface area contributed by atoms with E-state index >= 15 is 0 Å². The average molecular weight is 248 g/mol. The molecule has 1 N–H and O–H groups in total. The number of H-pyrrole nitrogens is 1. The first-order valence-corrected chi connectivity index (χ1v) is 5.86. The second-order valence-electron chi connectivity index (χ2n) is 4.23. The quantitative estimate of drug-likeness (QED) is 0.805. The summed E-state index contributed by atoms with van der Waals surface area (Å²) in [6.45, 7) is 1.84. The van der Waals surface area contributed by atoms with Crippen LogP contribution in [0, 0.1) is 0 Å². The van der Waals surface area contributed by atoms with Gasteiger partial charge < -0.3 is 14.6 Å². The van der Waals surface area contributed by atoms with E-state index in [1.165, 1.54) is 11.6 Å². The van der Waals surface area contributed by atoms with Gasteiger partial charge in [0.25, 0.3) is 5.91 Å². The molecule has 0 bridgehead atoms. The van der Waals surface area contributed by atoms with E-state index in [1.807, 2.05) is 6.08 Å². The number of carbonyl (C=O) groups excluding carboxylic acids is 1. The van der Waals surface area contributed by atoms with E-state index in [0.29, 0.717) is 25.4 Å². The van der Waals surface area contributed by atoms with Crippen molar-refractivity contribution in [2.24, 2.45) is 0 Å². The van der Waals surface area contributed by atoms with Crippen molar-refractivity contribution in [1.29, 1.82) is 0 Å². The lowest BCUT2D eigenvalue weighted by molar-refractivity contribution is 0.0759. The van der Waals surface area contributed by atoms with Gasteiger partial charge >= 0.3 is 0 Å². The molecule has 2 rings (SSSR count). The van der Waals surface area contributed by atoms with E-state index in [9.17, 15) is 9.59 Å². The summed E-state index contributed by atoms with van der Waals surface area (Å²) in [5.74, 6) is -0.139. The van der Waals surface area contributed by atoms with Gasteiger partial charge in [0, 0.05) is 26.3 Å². The molecule has 0 aromatic carbocycles. The van der Waals surface area contributed by atoms with Crippen LogP contribution in [0.4, 0.5) is 0 Å². The molecule has 0 aliphatic carbocycles. The van der Waals surface area contributed by atoms with Crippen LogP contribution in [0.3, 0.4) is 0 Å². The fraction of sp³-hybridized carbons (Fsp3) is 0.385. The number of aromatic nitrogens is 1. The summed E-state index contributed by atoms with van der Waals surface area (Å²) >= 11 is 0. The Bertz CT molecular complexity index is 519. The molecule has 1 aromatic rings. The van der Waals surface area contributed by atoms with Crippen molar-refractivity contribution in [1.82, 2.24) is 9.88 Å². The van der Waals surface area contributed by atoms with Gasteiger partial charge in [0.15, 0.2) is 0 Å². The molecule has 2 heterocycles. The van der Waals surface area contributed by atoms with E-state index in [0.717, 1.165) is 6.42 Å². The molecular formula is C13H16N2O3. The molecule has 0 unspecified atom stereocenters. The molecule has 1 aliphatic heterocycles. The van der Waals surface area contributed by atoms with E-state index in [1.54, 1.807) is 24.1 Å². The Morgan fingerprint density at radius 1 is 1.50 bits per heavy atom. The Balaban J connectivity index is 2.06. The Hall–Kier alpha value is -1.88. The molecule has 5 heteroatoms. The maximum absolute atomic E-state index is 12.1. The predicted octanol–water partition coefficient (Wildman–Crippen LogP) is 0.794. The van der Waals surface area contributed by atoms with Crippen LogP contribution < -0.4 is 5.56 Å². The van der Waals surface area contributed by atoms with Crippen LogP contribution >= 0.6 is 0 Å². The number of carbonyl (C=O) groups is 1. The summed E-state index contributed by atoms with van der Waals surface area (Å²) in [5.41, 5.74) is 1.29. The van der Waals surface area contributed by atoms with Crippen LogP contribution in [0.15, 0.2) is 34.6 Å². The van der Waals surface area contributed by atoms with Gasteiger partial charge in [-0.05, 0) is 18.1 Å². The zero-order valence-electron chi connectivity index (χ0n) is 10.3. The minimum Gasteiger partial charge on any atom is -0.380 e.